The molecule has 1 aromatic carbocycles. The highest BCUT2D eigenvalue weighted by Crippen LogP contribution is 2.26. The molecule has 7 heteroatoms. The van der Waals surface area contributed by atoms with Crippen molar-refractivity contribution in [2.45, 2.75) is 13.0 Å². The summed E-state index contributed by atoms with van der Waals surface area (Å²) in [4.78, 5) is 24.0. The van der Waals surface area contributed by atoms with Crippen LogP contribution in [-0.4, -0.2) is 43.8 Å². The first kappa shape index (κ1) is 14.3. The third-order valence-electron chi connectivity index (χ3n) is 3.14. The molecule has 0 unspecified atom stereocenters. The zero-order valence-electron chi connectivity index (χ0n) is 11.4. The number of rotatable bonds is 3. The number of methoxy groups -OCH3 is 1. The zero-order chi connectivity index (χ0) is 14.7. The van der Waals surface area contributed by atoms with Gasteiger partial charge in [-0.3, -0.25) is 10.1 Å². The van der Waals surface area contributed by atoms with Gasteiger partial charge in [0.05, 0.1) is 30.3 Å². The first-order valence-corrected chi connectivity index (χ1v) is 6.25. The number of benzene rings is 1. The summed E-state index contributed by atoms with van der Waals surface area (Å²) < 4.78 is 10.1. The van der Waals surface area contributed by atoms with E-state index in [2.05, 4.69) is 4.74 Å². The van der Waals surface area contributed by atoms with Gasteiger partial charge in [0.1, 0.15) is 0 Å². The van der Waals surface area contributed by atoms with Crippen molar-refractivity contribution < 1.29 is 19.2 Å². The standard InChI is InChI=1S/C13H16N2O5/c1-9-8-14(3-4-20-9)11-5-10(13(16)19-2)6-12(7-11)15(17)18/h5-7,9H,3-4,8H2,1-2H3/t9-/m0/s1. The molecule has 2 rings (SSSR count). The van der Waals surface area contributed by atoms with E-state index in [0.29, 0.717) is 25.4 Å². The van der Waals surface area contributed by atoms with Gasteiger partial charge in [0.2, 0.25) is 0 Å². The van der Waals surface area contributed by atoms with Gasteiger partial charge >= 0.3 is 5.97 Å². The van der Waals surface area contributed by atoms with Crippen molar-refractivity contribution in [3.8, 4) is 0 Å². The maximum absolute atomic E-state index is 11.6. The fourth-order valence-electron chi connectivity index (χ4n) is 2.17. The Morgan fingerprint density at radius 3 is 2.85 bits per heavy atom. The Labute approximate surface area is 116 Å². The van der Waals surface area contributed by atoms with Crippen molar-refractivity contribution in [3.05, 3.63) is 33.9 Å². The van der Waals surface area contributed by atoms with Crippen molar-refractivity contribution in [2.75, 3.05) is 31.7 Å². The molecule has 0 aliphatic carbocycles. The number of hydrogen-bond acceptors (Lipinski definition) is 6. The Balaban J connectivity index is 2.38. The third kappa shape index (κ3) is 3.05. The number of hydrogen-bond donors (Lipinski definition) is 0. The number of carbonyl (C=O) groups excluding carboxylic acids is 1. The Morgan fingerprint density at radius 2 is 2.25 bits per heavy atom. The number of esters is 1. The highest BCUT2D eigenvalue weighted by atomic mass is 16.6. The van der Waals surface area contributed by atoms with Crippen LogP contribution in [0.1, 0.15) is 17.3 Å². The van der Waals surface area contributed by atoms with Crippen molar-refractivity contribution in [2.24, 2.45) is 0 Å². The van der Waals surface area contributed by atoms with E-state index >= 15 is 0 Å². The summed E-state index contributed by atoms with van der Waals surface area (Å²) in [6.45, 7) is 3.75. The number of carbonyl (C=O) groups is 1. The summed E-state index contributed by atoms with van der Waals surface area (Å²) in [5.74, 6) is -0.587. The lowest BCUT2D eigenvalue weighted by atomic mass is 10.1. The Kier molecular flexibility index (Phi) is 4.19. The summed E-state index contributed by atoms with van der Waals surface area (Å²) in [6.07, 6.45) is 0.0459. The van der Waals surface area contributed by atoms with E-state index in [9.17, 15) is 14.9 Å². The van der Waals surface area contributed by atoms with Crippen LogP contribution < -0.4 is 4.90 Å². The van der Waals surface area contributed by atoms with Crippen LogP contribution in [0.2, 0.25) is 0 Å². The van der Waals surface area contributed by atoms with Gasteiger partial charge < -0.3 is 14.4 Å². The molecule has 1 aliphatic rings. The lowest BCUT2D eigenvalue weighted by Gasteiger charge is -2.32. The summed E-state index contributed by atoms with van der Waals surface area (Å²) in [6, 6.07) is 4.29. The minimum absolute atomic E-state index is 0.0459. The van der Waals surface area contributed by atoms with Gasteiger partial charge in [0, 0.05) is 30.9 Å². The van der Waals surface area contributed by atoms with E-state index < -0.39 is 10.9 Å². The van der Waals surface area contributed by atoms with E-state index in [-0.39, 0.29) is 17.4 Å². The average Bonchev–Trinajstić information content (AvgIpc) is 2.45. The first-order valence-electron chi connectivity index (χ1n) is 6.25. The zero-order valence-corrected chi connectivity index (χ0v) is 11.4. The summed E-state index contributed by atoms with van der Waals surface area (Å²) in [5.41, 5.74) is 0.688. The predicted octanol–water partition coefficient (Wildman–Crippen LogP) is 1.61. The maximum atomic E-state index is 11.6. The number of ether oxygens (including phenoxy) is 2. The third-order valence-corrected chi connectivity index (χ3v) is 3.14. The van der Waals surface area contributed by atoms with Crippen molar-refractivity contribution in [1.82, 2.24) is 0 Å². The molecule has 1 fully saturated rings. The molecule has 0 saturated carbocycles. The number of nitro groups is 1. The Bertz CT molecular complexity index is 531. The molecular weight excluding hydrogens is 264 g/mol. The molecule has 1 atom stereocenters. The molecule has 1 aromatic rings. The highest BCUT2D eigenvalue weighted by Gasteiger charge is 2.21. The number of anilines is 1. The maximum Gasteiger partial charge on any atom is 0.338 e. The smallest absolute Gasteiger partial charge is 0.338 e. The van der Waals surface area contributed by atoms with E-state index in [0.717, 1.165) is 0 Å². The largest absolute Gasteiger partial charge is 0.465 e. The SMILES string of the molecule is COC(=O)c1cc(N2CCO[C@@H](C)C2)cc([N+](=O)[O-])c1. The second-order valence-corrected chi connectivity index (χ2v) is 4.61. The molecular formula is C13H16N2O5. The van der Waals surface area contributed by atoms with Gasteiger partial charge in [-0.05, 0) is 13.0 Å². The molecule has 0 N–H and O–H groups in total. The Hall–Kier alpha value is -2.15. The Morgan fingerprint density at radius 1 is 1.50 bits per heavy atom. The average molecular weight is 280 g/mol. The monoisotopic (exact) mass is 280 g/mol. The number of nitrogens with zero attached hydrogens (tertiary/aromatic N) is 2. The summed E-state index contributed by atoms with van der Waals surface area (Å²) >= 11 is 0. The van der Waals surface area contributed by atoms with Crippen LogP contribution in [-0.2, 0) is 9.47 Å². The molecule has 0 aromatic heterocycles. The van der Waals surface area contributed by atoms with Crippen LogP contribution >= 0.6 is 0 Å². The van der Waals surface area contributed by atoms with Crippen LogP contribution in [0.15, 0.2) is 18.2 Å². The number of non-ortho nitro benzene ring substituents is 1. The summed E-state index contributed by atoms with van der Waals surface area (Å²) in [7, 11) is 1.25. The second kappa shape index (κ2) is 5.87. The molecule has 1 heterocycles. The van der Waals surface area contributed by atoms with E-state index in [1.807, 2.05) is 11.8 Å². The second-order valence-electron chi connectivity index (χ2n) is 4.61. The molecule has 0 amide bonds. The lowest BCUT2D eigenvalue weighted by Crippen LogP contribution is -2.41. The van der Waals surface area contributed by atoms with Gasteiger partial charge in [0.15, 0.2) is 0 Å². The molecule has 7 nitrogen and oxygen atoms in total. The fourth-order valence-corrected chi connectivity index (χ4v) is 2.17. The number of nitro benzene ring substituents is 1. The van der Waals surface area contributed by atoms with E-state index in [1.54, 1.807) is 6.07 Å². The first-order chi connectivity index (χ1) is 9.51. The lowest BCUT2D eigenvalue weighted by molar-refractivity contribution is -0.384. The van der Waals surface area contributed by atoms with E-state index in [4.69, 9.17) is 4.74 Å². The fraction of sp³-hybridized carbons (Fsp3) is 0.462. The molecule has 0 spiro atoms. The normalized spacial score (nSPS) is 18.7. The topological polar surface area (TPSA) is 81.9 Å². The van der Waals surface area contributed by atoms with Gasteiger partial charge in [-0.2, -0.15) is 0 Å². The minimum Gasteiger partial charge on any atom is -0.465 e. The van der Waals surface area contributed by atoms with Crippen molar-refractivity contribution in [3.63, 3.8) is 0 Å². The predicted molar refractivity (Wildman–Crippen MR) is 72.1 cm³/mol. The quantitative estimate of drug-likeness (QED) is 0.475. The van der Waals surface area contributed by atoms with Crippen LogP contribution in [0, 0.1) is 10.1 Å². The summed E-state index contributed by atoms with van der Waals surface area (Å²) in [5, 5.41) is 11.0. The molecule has 0 bridgehead atoms. The van der Waals surface area contributed by atoms with Crippen LogP contribution in [0.5, 0.6) is 0 Å². The minimum atomic E-state index is -0.587. The van der Waals surface area contributed by atoms with Crippen LogP contribution in [0.3, 0.4) is 0 Å². The highest BCUT2D eigenvalue weighted by molar-refractivity contribution is 5.91. The molecule has 0 radical (unpaired) electrons. The van der Waals surface area contributed by atoms with Gasteiger partial charge in [-0.25, -0.2) is 4.79 Å². The van der Waals surface area contributed by atoms with E-state index in [1.165, 1.54) is 19.2 Å². The van der Waals surface area contributed by atoms with Gasteiger partial charge in [-0.15, -0.1) is 0 Å². The molecule has 108 valence electrons. The van der Waals surface area contributed by atoms with Crippen LogP contribution in [0.25, 0.3) is 0 Å². The van der Waals surface area contributed by atoms with Crippen LogP contribution in [0.4, 0.5) is 11.4 Å². The number of morpholine rings is 1. The molecule has 1 aliphatic heterocycles. The van der Waals surface area contributed by atoms with Crippen molar-refractivity contribution >= 4 is 17.3 Å². The molecule has 20 heavy (non-hydrogen) atoms. The van der Waals surface area contributed by atoms with Gasteiger partial charge in [-0.1, -0.05) is 0 Å². The molecule has 1 saturated heterocycles. The van der Waals surface area contributed by atoms with Gasteiger partial charge in [0.25, 0.3) is 5.69 Å². The van der Waals surface area contributed by atoms with Crippen molar-refractivity contribution in [1.29, 1.82) is 0 Å².